The molecule has 6 heteroatoms. The van der Waals surface area contributed by atoms with Crippen LogP contribution in [0.3, 0.4) is 0 Å². The van der Waals surface area contributed by atoms with Crippen LogP contribution in [0.2, 0.25) is 0 Å². The number of benzene rings is 1. The largest absolute Gasteiger partial charge is 0.493 e. The van der Waals surface area contributed by atoms with Gasteiger partial charge in [0.25, 0.3) is 0 Å². The topological polar surface area (TPSA) is 73.1 Å². The van der Waals surface area contributed by atoms with Crippen LogP contribution in [-0.2, 0) is 4.74 Å². The summed E-state index contributed by atoms with van der Waals surface area (Å²) in [7, 11) is 2.85. The normalized spacial score (nSPS) is 11.4. The first-order valence-electron chi connectivity index (χ1n) is 5.61. The van der Waals surface area contributed by atoms with Crippen LogP contribution >= 0.6 is 0 Å². The second kappa shape index (κ2) is 5.43. The maximum atomic E-state index is 10.9. The summed E-state index contributed by atoms with van der Waals surface area (Å²) in [5, 5.41) is 4.78. The van der Waals surface area contributed by atoms with Crippen molar-refractivity contribution in [3.8, 4) is 5.75 Å². The van der Waals surface area contributed by atoms with Crippen molar-refractivity contribution in [2.75, 3.05) is 14.2 Å². The Hall–Kier alpha value is -2.50. The predicted molar refractivity (Wildman–Crippen MR) is 70.5 cm³/mol. The third kappa shape index (κ3) is 2.67. The number of nitrogens with zero attached hydrogens (tertiary/aromatic N) is 1. The van der Waals surface area contributed by atoms with E-state index in [2.05, 4.69) is 15.3 Å². The molecule has 0 radical (unpaired) electrons. The zero-order valence-corrected chi connectivity index (χ0v) is 10.9. The van der Waals surface area contributed by atoms with Gasteiger partial charge in [0, 0.05) is 5.39 Å². The van der Waals surface area contributed by atoms with E-state index in [0.717, 1.165) is 5.39 Å². The van der Waals surface area contributed by atoms with Gasteiger partial charge in [0.05, 0.1) is 14.2 Å². The standard InChI is InChI=1S/C13H14N2O4/c1-8(14-15-13(16)18-3)11-7-9-5-4-6-10(17-2)12(9)19-11/h4-7H,1-3H3,(H,15,16)/b14-8-. The zero-order valence-electron chi connectivity index (χ0n) is 10.9. The number of hydrogen-bond donors (Lipinski definition) is 1. The van der Waals surface area contributed by atoms with E-state index in [-0.39, 0.29) is 0 Å². The number of hydrogen-bond acceptors (Lipinski definition) is 5. The van der Waals surface area contributed by atoms with E-state index < -0.39 is 6.09 Å². The van der Waals surface area contributed by atoms with Gasteiger partial charge in [-0.05, 0) is 19.1 Å². The van der Waals surface area contributed by atoms with Gasteiger partial charge in [-0.25, -0.2) is 10.2 Å². The van der Waals surface area contributed by atoms with Crippen LogP contribution in [0.5, 0.6) is 5.75 Å². The summed E-state index contributed by atoms with van der Waals surface area (Å²) in [6.07, 6.45) is -0.631. The van der Waals surface area contributed by atoms with Crippen molar-refractivity contribution in [1.82, 2.24) is 5.43 Å². The van der Waals surface area contributed by atoms with E-state index in [1.54, 1.807) is 14.0 Å². The first kappa shape index (κ1) is 12.9. The minimum absolute atomic E-state index is 0.531. The van der Waals surface area contributed by atoms with Crippen molar-refractivity contribution >= 4 is 22.8 Å². The van der Waals surface area contributed by atoms with E-state index in [1.165, 1.54) is 7.11 Å². The average Bonchev–Trinajstić information content (AvgIpc) is 2.88. The highest BCUT2D eigenvalue weighted by atomic mass is 16.5. The number of ether oxygens (including phenoxy) is 2. The van der Waals surface area contributed by atoms with Crippen molar-refractivity contribution in [2.24, 2.45) is 5.10 Å². The molecule has 0 atom stereocenters. The molecule has 100 valence electrons. The zero-order chi connectivity index (χ0) is 13.8. The summed E-state index contributed by atoms with van der Waals surface area (Å²) in [6, 6.07) is 7.43. The van der Waals surface area contributed by atoms with E-state index in [1.807, 2.05) is 24.3 Å². The van der Waals surface area contributed by atoms with Crippen LogP contribution in [0, 0.1) is 0 Å². The van der Waals surface area contributed by atoms with Crippen LogP contribution in [0.4, 0.5) is 4.79 Å². The summed E-state index contributed by atoms with van der Waals surface area (Å²) >= 11 is 0. The minimum atomic E-state index is -0.631. The fourth-order valence-electron chi connectivity index (χ4n) is 1.61. The maximum Gasteiger partial charge on any atom is 0.427 e. The van der Waals surface area contributed by atoms with Crippen molar-refractivity contribution in [3.63, 3.8) is 0 Å². The van der Waals surface area contributed by atoms with Crippen molar-refractivity contribution in [1.29, 1.82) is 0 Å². The summed E-state index contributed by atoms with van der Waals surface area (Å²) in [5.74, 6) is 1.20. The first-order chi connectivity index (χ1) is 9.15. The molecule has 0 unspecified atom stereocenters. The van der Waals surface area contributed by atoms with Crippen molar-refractivity contribution in [2.45, 2.75) is 6.92 Å². The molecular formula is C13H14N2O4. The molecule has 0 aliphatic rings. The molecule has 0 fully saturated rings. The molecule has 1 aromatic carbocycles. The van der Waals surface area contributed by atoms with Gasteiger partial charge >= 0.3 is 6.09 Å². The Morgan fingerprint density at radius 3 is 2.84 bits per heavy atom. The third-order valence-electron chi connectivity index (χ3n) is 2.58. The minimum Gasteiger partial charge on any atom is -0.493 e. The fraction of sp³-hybridized carbons (Fsp3) is 0.231. The smallest absolute Gasteiger partial charge is 0.427 e. The monoisotopic (exact) mass is 262 g/mol. The molecule has 0 saturated heterocycles. The molecule has 0 saturated carbocycles. The molecule has 0 aliphatic carbocycles. The maximum absolute atomic E-state index is 10.9. The lowest BCUT2D eigenvalue weighted by atomic mass is 10.2. The number of rotatable bonds is 3. The summed E-state index contributed by atoms with van der Waals surface area (Å²) in [4.78, 5) is 10.9. The second-order valence-corrected chi connectivity index (χ2v) is 3.79. The van der Waals surface area contributed by atoms with Gasteiger partial charge in [-0.3, -0.25) is 0 Å². The molecule has 1 amide bonds. The molecule has 0 bridgehead atoms. The van der Waals surface area contributed by atoms with Crippen molar-refractivity contribution in [3.05, 3.63) is 30.0 Å². The molecule has 2 rings (SSSR count). The molecular weight excluding hydrogens is 248 g/mol. The summed E-state index contributed by atoms with van der Waals surface area (Å²) in [6.45, 7) is 1.72. The van der Waals surface area contributed by atoms with E-state index in [4.69, 9.17) is 9.15 Å². The van der Waals surface area contributed by atoms with Gasteiger partial charge in [0.15, 0.2) is 17.1 Å². The fourth-order valence-corrected chi connectivity index (χ4v) is 1.61. The highest BCUT2D eigenvalue weighted by Gasteiger charge is 2.10. The predicted octanol–water partition coefficient (Wildman–Crippen LogP) is 2.52. The van der Waals surface area contributed by atoms with Gasteiger partial charge in [0.2, 0.25) is 0 Å². The SMILES string of the molecule is COC(=O)N/N=C(/C)c1cc2cccc(OC)c2o1. The number of nitrogens with one attached hydrogen (secondary N) is 1. The number of para-hydroxylation sites is 1. The number of furan rings is 1. The average molecular weight is 262 g/mol. The number of methoxy groups -OCH3 is 2. The van der Waals surface area contributed by atoms with Gasteiger partial charge in [-0.15, -0.1) is 0 Å². The molecule has 19 heavy (non-hydrogen) atoms. The van der Waals surface area contributed by atoms with E-state index >= 15 is 0 Å². The highest BCUT2D eigenvalue weighted by molar-refractivity contribution is 6.00. The van der Waals surface area contributed by atoms with E-state index in [9.17, 15) is 4.79 Å². The Morgan fingerprint density at radius 2 is 2.16 bits per heavy atom. The van der Waals surface area contributed by atoms with Crippen LogP contribution in [0.25, 0.3) is 11.0 Å². The molecule has 0 spiro atoms. The number of fused-ring (bicyclic) bond motifs is 1. The van der Waals surface area contributed by atoms with Gasteiger partial charge in [-0.1, -0.05) is 12.1 Å². The quantitative estimate of drug-likeness (QED) is 0.681. The molecule has 6 nitrogen and oxygen atoms in total. The lowest BCUT2D eigenvalue weighted by Crippen LogP contribution is -2.18. The summed E-state index contributed by atoms with van der Waals surface area (Å²) < 4.78 is 15.3. The van der Waals surface area contributed by atoms with Crippen LogP contribution < -0.4 is 10.2 Å². The van der Waals surface area contributed by atoms with Gasteiger partial charge < -0.3 is 13.9 Å². The molecule has 2 aromatic rings. The molecule has 1 heterocycles. The lowest BCUT2D eigenvalue weighted by Gasteiger charge is -1.99. The number of amides is 1. The van der Waals surface area contributed by atoms with Gasteiger partial charge in [0.1, 0.15) is 5.71 Å². The Labute approximate surface area is 110 Å². The van der Waals surface area contributed by atoms with Crippen molar-refractivity contribution < 1.29 is 18.7 Å². The Morgan fingerprint density at radius 1 is 1.37 bits per heavy atom. The Bertz CT molecular complexity index is 631. The third-order valence-corrected chi connectivity index (χ3v) is 2.58. The number of hydrazone groups is 1. The van der Waals surface area contributed by atoms with Crippen LogP contribution in [0.15, 0.2) is 33.8 Å². The number of carbonyl (C=O) groups excluding carboxylic acids is 1. The Kier molecular flexibility index (Phi) is 3.70. The lowest BCUT2D eigenvalue weighted by molar-refractivity contribution is 0.171. The molecule has 0 aliphatic heterocycles. The van der Waals surface area contributed by atoms with Crippen LogP contribution in [0.1, 0.15) is 12.7 Å². The summed E-state index contributed by atoms with van der Waals surface area (Å²) in [5.41, 5.74) is 3.42. The van der Waals surface area contributed by atoms with E-state index in [0.29, 0.717) is 22.8 Å². The number of carbonyl (C=O) groups is 1. The first-order valence-corrected chi connectivity index (χ1v) is 5.61. The Balaban J connectivity index is 2.33. The molecule has 1 aromatic heterocycles. The van der Waals surface area contributed by atoms with Gasteiger partial charge in [-0.2, -0.15) is 5.10 Å². The van der Waals surface area contributed by atoms with Crippen LogP contribution in [-0.4, -0.2) is 26.0 Å². The highest BCUT2D eigenvalue weighted by Crippen LogP contribution is 2.28. The second-order valence-electron chi connectivity index (χ2n) is 3.79. The molecule has 1 N–H and O–H groups in total.